The molecule has 6 heteroatoms. The minimum atomic E-state index is -0.529. The third-order valence-electron chi connectivity index (χ3n) is 3.86. The SMILES string of the molecule is CC(CC(O)c1cccs1)NC(=O)NC1CC(C)OC(C)C1. The van der Waals surface area contributed by atoms with E-state index in [-0.39, 0.29) is 30.3 Å². The number of hydrogen-bond donors (Lipinski definition) is 3. The summed E-state index contributed by atoms with van der Waals surface area (Å²) in [4.78, 5) is 13.0. The Bertz CT molecular complexity index is 456. The Morgan fingerprint density at radius 1 is 1.45 bits per heavy atom. The number of ether oxygens (including phenoxy) is 1. The maximum absolute atomic E-state index is 12.1. The molecule has 124 valence electrons. The molecule has 1 aliphatic heterocycles. The zero-order valence-corrected chi connectivity index (χ0v) is 14.2. The molecule has 5 nitrogen and oxygen atoms in total. The molecule has 0 spiro atoms. The third kappa shape index (κ3) is 5.26. The normalized spacial score (nSPS) is 27.9. The first-order valence-electron chi connectivity index (χ1n) is 7.88. The lowest BCUT2D eigenvalue weighted by molar-refractivity contribution is -0.0402. The molecule has 3 N–H and O–H groups in total. The average Bonchev–Trinajstić information content (AvgIpc) is 2.90. The van der Waals surface area contributed by atoms with E-state index in [1.54, 1.807) is 0 Å². The van der Waals surface area contributed by atoms with Gasteiger partial charge in [-0.25, -0.2) is 4.79 Å². The molecule has 0 bridgehead atoms. The maximum atomic E-state index is 12.1. The smallest absolute Gasteiger partial charge is 0.315 e. The molecule has 4 atom stereocenters. The molecule has 22 heavy (non-hydrogen) atoms. The van der Waals surface area contributed by atoms with E-state index in [1.807, 2.05) is 38.3 Å². The van der Waals surface area contributed by atoms with Crippen LogP contribution in [-0.4, -0.2) is 35.4 Å². The second-order valence-corrected chi connectivity index (χ2v) is 7.19. The fraction of sp³-hybridized carbons (Fsp3) is 0.688. The van der Waals surface area contributed by atoms with Gasteiger partial charge in [-0.1, -0.05) is 6.07 Å². The number of aliphatic hydroxyl groups excluding tert-OH is 1. The van der Waals surface area contributed by atoms with Gasteiger partial charge in [-0.15, -0.1) is 11.3 Å². The minimum absolute atomic E-state index is 0.0909. The summed E-state index contributed by atoms with van der Waals surface area (Å²) >= 11 is 1.53. The van der Waals surface area contributed by atoms with Crippen LogP contribution in [0.4, 0.5) is 4.79 Å². The van der Waals surface area contributed by atoms with Gasteiger partial charge in [0, 0.05) is 17.0 Å². The van der Waals surface area contributed by atoms with Gasteiger partial charge in [0.05, 0.1) is 18.3 Å². The van der Waals surface area contributed by atoms with Crippen LogP contribution in [0.25, 0.3) is 0 Å². The molecule has 0 aromatic carbocycles. The van der Waals surface area contributed by atoms with Crippen LogP contribution in [0.3, 0.4) is 0 Å². The van der Waals surface area contributed by atoms with Crippen LogP contribution >= 0.6 is 11.3 Å². The number of hydrogen-bond acceptors (Lipinski definition) is 4. The van der Waals surface area contributed by atoms with E-state index in [1.165, 1.54) is 11.3 Å². The lowest BCUT2D eigenvalue weighted by Crippen LogP contribution is -2.49. The fourth-order valence-corrected chi connectivity index (χ4v) is 3.69. The summed E-state index contributed by atoms with van der Waals surface area (Å²) in [6.45, 7) is 5.97. The summed E-state index contributed by atoms with van der Waals surface area (Å²) in [6.07, 6.45) is 2.00. The molecule has 1 aliphatic rings. The number of nitrogens with one attached hydrogen (secondary N) is 2. The van der Waals surface area contributed by atoms with E-state index in [0.29, 0.717) is 6.42 Å². The number of carbonyl (C=O) groups excluding carboxylic acids is 1. The van der Waals surface area contributed by atoms with Crippen molar-refractivity contribution in [2.75, 3.05) is 0 Å². The molecule has 0 radical (unpaired) electrons. The van der Waals surface area contributed by atoms with Crippen molar-refractivity contribution in [1.29, 1.82) is 0 Å². The molecule has 2 amide bonds. The lowest BCUT2D eigenvalue weighted by atomic mass is 10.00. The maximum Gasteiger partial charge on any atom is 0.315 e. The predicted molar refractivity (Wildman–Crippen MR) is 88.1 cm³/mol. The topological polar surface area (TPSA) is 70.6 Å². The Hall–Kier alpha value is -1.11. The van der Waals surface area contributed by atoms with Crippen LogP contribution in [0.1, 0.15) is 51.0 Å². The van der Waals surface area contributed by atoms with E-state index in [9.17, 15) is 9.90 Å². The van der Waals surface area contributed by atoms with Gasteiger partial charge in [0.2, 0.25) is 0 Å². The van der Waals surface area contributed by atoms with Crippen LogP contribution in [0, 0.1) is 0 Å². The molecule has 1 aromatic heterocycles. The van der Waals surface area contributed by atoms with Crippen molar-refractivity contribution >= 4 is 17.4 Å². The van der Waals surface area contributed by atoms with E-state index in [2.05, 4.69) is 10.6 Å². The average molecular weight is 326 g/mol. The highest BCUT2D eigenvalue weighted by Crippen LogP contribution is 2.23. The van der Waals surface area contributed by atoms with Crippen molar-refractivity contribution in [3.63, 3.8) is 0 Å². The van der Waals surface area contributed by atoms with Crippen molar-refractivity contribution in [3.05, 3.63) is 22.4 Å². The first-order valence-corrected chi connectivity index (χ1v) is 8.76. The molecule has 1 saturated heterocycles. The van der Waals surface area contributed by atoms with Gasteiger partial charge in [0.15, 0.2) is 0 Å². The van der Waals surface area contributed by atoms with Gasteiger partial charge in [0.25, 0.3) is 0 Å². The van der Waals surface area contributed by atoms with Crippen LogP contribution in [0.15, 0.2) is 17.5 Å². The lowest BCUT2D eigenvalue weighted by Gasteiger charge is -2.32. The Morgan fingerprint density at radius 2 is 2.14 bits per heavy atom. The van der Waals surface area contributed by atoms with E-state index < -0.39 is 6.10 Å². The van der Waals surface area contributed by atoms with Crippen molar-refractivity contribution < 1.29 is 14.6 Å². The summed E-state index contributed by atoms with van der Waals surface area (Å²) in [7, 11) is 0. The number of aliphatic hydroxyl groups is 1. The number of rotatable bonds is 5. The van der Waals surface area contributed by atoms with Crippen molar-refractivity contribution in [1.82, 2.24) is 10.6 Å². The van der Waals surface area contributed by atoms with Crippen molar-refractivity contribution in [3.8, 4) is 0 Å². The molecule has 1 aromatic rings. The van der Waals surface area contributed by atoms with E-state index in [0.717, 1.165) is 17.7 Å². The summed E-state index contributed by atoms with van der Waals surface area (Å²) in [5.74, 6) is 0. The first kappa shape index (κ1) is 17.2. The van der Waals surface area contributed by atoms with Gasteiger partial charge in [-0.3, -0.25) is 0 Å². The second kappa shape index (κ2) is 7.94. The molecule has 0 aliphatic carbocycles. The van der Waals surface area contributed by atoms with Crippen LogP contribution < -0.4 is 10.6 Å². The van der Waals surface area contributed by atoms with Crippen LogP contribution in [0.5, 0.6) is 0 Å². The Morgan fingerprint density at radius 3 is 2.73 bits per heavy atom. The fourth-order valence-electron chi connectivity index (χ4n) is 2.96. The zero-order valence-electron chi connectivity index (χ0n) is 13.4. The predicted octanol–water partition coefficient (Wildman–Crippen LogP) is 2.82. The molecule has 0 saturated carbocycles. The highest BCUT2D eigenvalue weighted by atomic mass is 32.1. The zero-order chi connectivity index (χ0) is 16.1. The van der Waals surface area contributed by atoms with Gasteiger partial charge in [-0.05, 0) is 51.5 Å². The minimum Gasteiger partial charge on any atom is -0.387 e. The molecule has 1 fully saturated rings. The summed E-state index contributed by atoms with van der Waals surface area (Å²) in [6, 6.07) is 3.71. The number of amides is 2. The Labute approximate surface area is 136 Å². The molecule has 4 unspecified atom stereocenters. The van der Waals surface area contributed by atoms with Crippen LogP contribution in [-0.2, 0) is 4.74 Å². The van der Waals surface area contributed by atoms with Crippen molar-refractivity contribution in [2.24, 2.45) is 0 Å². The quantitative estimate of drug-likeness (QED) is 0.779. The molecule has 2 heterocycles. The highest BCUT2D eigenvalue weighted by molar-refractivity contribution is 7.10. The van der Waals surface area contributed by atoms with Crippen LogP contribution in [0.2, 0.25) is 0 Å². The standard InChI is InChI=1S/C16H26N2O3S/c1-10(7-14(19)15-5-4-6-22-15)17-16(20)18-13-8-11(2)21-12(3)9-13/h4-6,10-14,19H,7-9H2,1-3H3,(H2,17,18,20). The molecule has 2 rings (SSSR count). The number of carbonyl (C=O) groups is 1. The largest absolute Gasteiger partial charge is 0.387 e. The Kier molecular flexibility index (Phi) is 6.23. The van der Waals surface area contributed by atoms with Crippen molar-refractivity contribution in [2.45, 2.75) is 70.4 Å². The summed E-state index contributed by atoms with van der Waals surface area (Å²) in [5, 5.41) is 18.0. The monoisotopic (exact) mass is 326 g/mol. The molecular weight excluding hydrogens is 300 g/mol. The van der Waals surface area contributed by atoms with E-state index >= 15 is 0 Å². The number of urea groups is 1. The summed E-state index contributed by atoms with van der Waals surface area (Å²) in [5.41, 5.74) is 0. The number of thiophene rings is 1. The van der Waals surface area contributed by atoms with Gasteiger partial charge < -0.3 is 20.5 Å². The van der Waals surface area contributed by atoms with Gasteiger partial charge in [0.1, 0.15) is 0 Å². The summed E-state index contributed by atoms with van der Waals surface area (Å²) < 4.78 is 5.67. The first-order chi connectivity index (χ1) is 10.4. The highest BCUT2D eigenvalue weighted by Gasteiger charge is 2.26. The van der Waals surface area contributed by atoms with Gasteiger partial charge >= 0.3 is 6.03 Å². The molecular formula is C16H26N2O3S. The van der Waals surface area contributed by atoms with E-state index in [4.69, 9.17) is 4.74 Å². The second-order valence-electron chi connectivity index (χ2n) is 6.21. The van der Waals surface area contributed by atoms with Gasteiger partial charge in [-0.2, -0.15) is 0 Å². The third-order valence-corrected chi connectivity index (χ3v) is 4.83. The Balaban J connectivity index is 1.74.